The van der Waals surface area contributed by atoms with Crippen LogP contribution in [-0.4, -0.2) is 22.2 Å². The minimum atomic E-state index is 0.0250. The van der Waals surface area contributed by atoms with Crippen LogP contribution in [0, 0.1) is 12.8 Å². The minimum Gasteiger partial charge on any atom is -0.375 e. The Morgan fingerprint density at radius 3 is 2.70 bits per heavy atom. The molecule has 2 unspecified atom stereocenters. The summed E-state index contributed by atoms with van der Waals surface area (Å²) in [7, 11) is 0. The molecule has 2 heterocycles. The molecule has 2 fully saturated rings. The van der Waals surface area contributed by atoms with Gasteiger partial charge in [-0.25, -0.2) is 15.4 Å². The van der Waals surface area contributed by atoms with Crippen LogP contribution in [0.4, 0.5) is 0 Å². The average molecular weight is 276 g/mol. The highest BCUT2D eigenvalue weighted by atomic mass is 16.5. The molecule has 3 rings (SSSR count). The molecule has 1 spiro atoms. The molecule has 1 aliphatic heterocycles. The molecule has 0 radical (unpaired) electrons. The third kappa shape index (κ3) is 2.71. The Hall–Kier alpha value is -1.04. The molecule has 0 bridgehead atoms. The molecule has 1 saturated heterocycles. The molecular formula is C15H24N4O. The van der Waals surface area contributed by atoms with Crippen LogP contribution in [0.25, 0.3) is 0 Å². The second kappa shape index (κ2) is 5.76. The maximum absolute atomic E-state index is 6.10. The number of hydrogen-bond donors (Lipinski definition) is 2. The average Bonchev–Trinajstić information content (AvgIpc) is 2.90. The van der Waals surface area contributed by atoms with Gasteiger partial charge in [0.15, 0.2) is 0 Å². The van der Waals surface area contributed by atoms with Crippen molar-refractivity contribution in [3.8, 4) is 0 Å². The van der Waals surface area contributed by atoms with Crippen molar-refractivity contribution in [2.75, 3.05) is 6.61 Å². The van der Waals surface area contributed by atoms with Gasteiger partial charge in [-0.15, -0.1) is 0 Å². The van der Waals surface area contributed by atoms with E-state index in [2.05, 4.69) is 15.4 Å². The number of nitrogens with one attached hydrogen (secondary N) is 1. The van der Waals surface area contributed by atoms with E-state index in [1.165, 1.54) is 25.7 Å². The van der Waals surface area contributed by atoms with Crippen molar-refractivity contribution in [2.45, 2.75) is 57.1 Å². The first-order valence-corrected chi connectivity index (χ1v) is 7.61. The van der Waals surface area contributed by atoms with Gasteiger partial charge >= 0.3 is 0 Å². The highest BCUT2D eigenvalue weighted by Gasteiger charge is 2.42. The Balaban J connectivity index is 1.76. The first-order valence-electron chi connectivity index (χ1n) is 7.61. The van der Waals surface area contributed by atoms with Crippen molar-refractivity contribution in [2.24, 2.45) is 11.8 Å². The summed E-state index contributed by atoms with van der Waals surface area (Å²) in [5.74, 6) is 7.05. The van der Waals surface area contributed by atoms with Gasteiger partial charge in [-0.3, -0.25) is 5.84 Å². The van der Waals surface area contributed by atoms with Crippen LogP contribution >= 0.6 is 0 Å². The smallest absolute Gasteiger partial charge is 0.146 e. The Morgan fingerprint density at radius 2 is 2.05 bits per heavy atom. The van der Waals surface area contributed by atoms with Gasteiger partial charge in [0.25, 0.3) is 0 Å². The predicted molar refractivity (Wildman–Crippen MR) is 76.7 cm³/mol. The Bertz CT molecular complexity index is 442. The molecule has 3 N–H and O–H groups in total. The first kappa shape index (κ1) is 13.9. The number of nitrogens with two attached hydrogens (primary N) is 1. The van der Waals surface area contributed by atoms with Crippen molar-refractivity contribution in [1.29, 1.82) is 0 Å². The fourth-order valence-electron chi connectivity index (χ4n) is 3.70. The molecule has 1 aromatic rings. The van der Waals surface area contributed by atoms with Crippen LogP contribution in [-0.2, 0) is 4.74 Å². The second-order valence-electron chi connectivity index (χ2n) is 6.25. The zero-order valence-electron chi connectivity index (χ0n) is 12.1. The molecule has 1 saturated carbocycles. The van der Waals surface area contributed by atoms with Crippen molar-refractivity contribution in [3.63, 3.8) is 0 Å². The lowest BCUT2D eigenvalue weighted by Gasteiger charge is -2.40. The molecule has 5 nitrogen and oxygen atoms in total. The molecule has 1 aromatic heterocycles. The first-order chi connectivity index (χ1) is 9.72. The number of ether oxygens (including phenoxy) is 1. The summed E-state index contributed by atoms with van der Waals surface area (Å²) in [6.07, 6.45) is 10.8. The summed E-state index contributed by atoms with van der Waals surface area (Å²) in [6.45, 7) is 2.82. The fraction of sp³-hybridized carbons (Fsp3) is 0.733. The lowest BCUT2D eigenvalue weighted by molar-refractivity contribution is -0.0986. The number of hydrogen-bond acceptors (Lipinski definition) is 5. The molecule has 20 heavy (non-hydrogen) atoms. The molecule has 1 aliphatic carbocycles. The minimum absolute atomic E-state index is 0.0250. The lowest BCUT2D eigenvalue weighted by atomic mass is 9.80. The van der Waals surface area contributed by atoms with E-state index in [0.29, 0.717) is 5.92 Å². The highest BCUT2D eigenvalue weighted by Crippen LogP contribution is 2.44. The van der Waals surface area contributed by atoms with E-state index < -0.39 is 0 Å². The second-order valence-corrected chi connectivity index (χ2v) is 6.25. The van der Waals surface area contributed by atoms with E-state index in [1.807, 2.05) is 19.3 Å². The molecule has 0 amide bonds. The summed E-state index contributed by atoms with van der Waals surface area (Å²) in [5.41, 5.74) is 4.11. The van der Waals surface area contributed by atoms with Gasteiger partial charge in [0.2, 0.25) is 0 Å². The van der Waals surface area contributed by atoms with E-state index in [0.717, 1.165) is 30.8 Å². The number of hydrazine groups is 1. The summed E-state index contributed by atoms with van der Waals surface area (Å²) in [4.78, 5) is 8.89. The summed E-state index contributed by atoms with van der Waals surface area (Å²) < 4.78 is 6.10. The zero-order chi connectivity index (χ0) is 14.0. The van der Waals surface area contributed by atoms with Crippen LogP contribution in [0.1, 0.15) is 56.0 Å². The van der Waals surface area contributed by atoms with Crippen LogP contribution < -0.4 is 11.3 Å². The lowest BCUT2D eigenvalue weighted by Crippen LogP contribution is -2.44. The van der Waals surface area contributed by atoms with Crippen molar-refractivity contribution < 1.29 is 4.74 Å². The zero-order valence-corrected chi connectivity index (χ0v) is 12.1. The molecular weight excluding hydrogens is 252 g/mol. The number of aryl methyl sites for hydroxylation is 1. The van der Waals surface area contributed by atoms with Gasteiger partial charge in [0.1, 0.15) is 5.82 Å². The van der Waals surface area contributed by atoms with Crippen LogP contribution in [0.3, 0.4) is 0 Å². The molecule has 0 aromatic carbocycles. The molecule has 110 valence electrons. The van der Waals surface area contributed by atoms with Crippen LogP contribution in [0.5, 0.6) is 0 Å². The van der Waals surface area contributed by atoms with Gasteiger partial charge in [0, 0.05) is 19.0 Å². The normalized spacial score (nSPS) is 26.8. The van der Waals surface area contributed by atoms with Crippen LogP contribution in [0.2, 0.25) is 0 Å². The Morgan fingerprint density at radius 1 is 1.35 bits per heavy atom. The Kier molecular flexibility index (Phi) is 4.01. The van der Waals surface area contributed by atoms with Gasteiger partial charge in [-0.2, -0.15) is 0 Å². The van der Waals surface area contributed by atoms with E-state index in [1.54, 1.807) is 0 Å². The van der Waals surface area contributed by atoms with Gasteiger partial charge in [-0.05, 0) is 44.1 Å². The largest absolute Gasteiger partial charge is 0.375 e. The molecule has 5 heteroatoms. The van der Waals surface area contributed by atoms with E-state index >= 15 is 0 Å². The van der Waals surface area contributed by atoms with Crippen molar-refractivity contribution >= 4 is 0 Å². The SMILES string of the molecule is Cc1cnc(C(NN)C2CCOC3(CCCC3)C2)nc1. The summed E-state index contributed by atoms with van der Waals surface area (Å²) in [5, 5.41) is 0. The maximum Gasteiger partial charge on any atom is 0.146 e. The number of nitrogens with zero attached hydrogens (tertiary/aromatic N) is 2. The topological polar surface area (TPSA) is 73.1 Å². The van der Waals surface area contributed by atoms with E-state index in [-0.39, 0.29) is 11.6 Å². The maximum atomic E-state index is 6.10. The van der Waals surface area contributed by atoms with Crippen molar-refractivity contribution in [1.82, 2.24) is 15.4 Å². The fourth-order valence-corrected chi connectivity index (χ4v) is 3.70. The Labute approximate surface area is 120 Å². The van der Waals surface area contributed by atoms with E-state index in [9.17, 15) is 0 Å². The van der Waals surface area contributed by atoms with Gasteiger partial charge < -0.3 is 4.74 Å². The standard InChI is InChI=1S/C15H24N4O/c1-11-9-17-14(18-10-11)13(19-16)12-4-7-20-15(8-12)5-2-3-6-15/h9-10,12-13,19H,2-8,16H2,1H3. The predicted octanol–water partition coefficient (Wildman–Crippen LogP) is 2.03. The number of rotatable bonds is 3. The quantitative estimate of drug-likeness (QED) is 0.653. The van der Waals surface area contributed by atoms with Crippen molar-refractivity contribution in [3.05, 3.63) is 23.8 Å². The highest BCUT2D eigenvalue weighted by molar-refractivity contribution is 5.06. The summed E-state index contributed by atoms with van der Waals surface area (Å²) in [6, 6.07) is 0.0250. The van der Waals surface area contributed by atoms with E-state index in [4.69, 9.17) is 10.6 Å². The van der Waals surface area contributed by atoms with Gasteiger partial charge in [-0.1, -0.05) is 12.8 Å². The molecule has 2 aliphatic rings. The third-order valence-electron chi connectivity index (χ3n) is 4.78. The number of aromatic nitrogens is 2. The third-order valence-corrected chi connectivity index (χ3v) is 4.78. The molecule has 2 atom stereocenters. The van der Waals surface area contributed by atoms with Gasteiger partial charge in [0.05, 0.1) is 11.6 Å². The summed E-state index contributed by atoms with van der Waals surface area (Å²) >= 11 is 0. The monoisotopic (exact) mass is 276 g/mol. The van der Waals surface area contributed by atoms with Crippen LogP contribution in [0.15, 0.2) is 12.4 Å².